The highest BCUT2D eigenvalue weighted by Crippen LogP contribution is 2.26. The van der Waals surface area contributed by atoms with Crippen LogP contribution in [0, 0.1) is 0 Å². The van der Waals surface area contributed by atoms with Gasteiger partial charge in [-0.1, -0.05) is 12.1 Å². The Labute approximate surface area is 146 Å². The molecule has 0 aromatic heterocycles. The molecule has 6 nitrogen and oxygen atoms in total. The third-order valence-corrected chi connectivity index (χ3v) is 5.99. The third kappa shape index (κ3) is 3.83. The van der Waals surface area contributed by atoms with Gasteiger partial charge in [0.25, 0.3) is 0 Å². The minimum Gasteiger partial charge on any atom is -0.490 e. The van der Waals surface area contributed by atoms with Crippen molar-refractivity contribution in [2.24, 2.45) is 5.73 Å². The molecule has 3 N–H and O–H groups in total. The van der Waals surface area contributed by atoms with E-state index in [0.29, 0.717) is 5.75 Å². The van der Waals surface area contributed by atoms with Gasteiger partial charge in [-0.05, 0) is 62.3 Å². The molecule has 0 unspecified atom stereocenters. The van der Waals surface area contributed by atoms with Crippen molar-refractivity contribution < 1.29 is 17.9 Å². The number of rotatable bonds is 5. The molecule has 0 radical (unpaired) electrons. The van der Waals surface area contributed by atoms with Crippen molar-refractivity contribution in [3.63, 3.8) is 0 Å². The lowest BCUT2D eigenvalue weighted by Gasteiger charge is -2.23. The zero-order chi connectivity index (χ0) is 17.9. The molecule has 0 spiro atoms. The van der Waals surface area contributed by atoms with Crippen LogP contribution in [-0.4, -0.2) is 33.5 Å². The van der Waals surface area contributed by atoms with Crippen molar-refractivity contribution in [1.82, 2.24) is 5.32 Å². The summed E-state index contributed by atoms with van der Waals surface area (Å²) in [5.74, 6) is -0.140. The maximum absolute atomic E-state index is 12.8. The van der Waals surface area contributed by atoms with Crippen LogP contribution in [0.15, 0.2) is 58.3 Å². The Morgan fingerprint density at radius 2 is 1.68 bits per heavy atom. The number of carbonyl (C=O) groups is 1. The van der Waals surface area contributed by atoms with Gasteiger partial charge in [0.1, 0.15) is 11.9 Å². The van der Waals surface area contributed by atoms with Crippen LogP contribution in [-0.2, 0) is 9.84 Å². The van der Waals surface area contributed by atoms with Gasteiger partial charge >= 0.3 is 0 Å². The first-order chi connectivity index (χ1) is 12.0. The highest BCUT2D eigenvalue weighted by atomic mass is 32.2. The molecule has 0 aliphatic carbocycles. The number of primary amides is 1. The van der Waals surface area contributed by atoms with E-state index in [0.717, 1.165) is 25.9 Å². The first-order valence-corrected chi connectivity index (χ1v) is 9.58. The molecule has 25 heavy (non-hydrogen) atoms. The predicted molar refractivity (Wildman–Crippen MR) is 93.4 cm³/mol. The van der Waals surface area contributed by atoms with E-state index in [1.54, 1.807) is 24.3 Å². The van der Waals surface area contributed by atoms with Crippen molar-refractivity contribution in [1.29, 1.82) is 0 Å². The van der Waals surface area contributed by atoms with Gasteiger partial charge < -0.3 is 15.8 Å². The van der Waals surface area contributed by atoms with E-state index in [9.17, 15) is 13.2 Å². The smallest absolute Gasteiger partial charge is 0.250 e. The first-order valence-electron chi connectivity index (χ1n) is 8.10. The number of sulfone groups is 1. The Hall–Kier alpha value is -2.38. The highest BCUT2D eigenvalue weighted by Gasteiger charge is 2.23. The van der Waals surface area contributed by atoms with Crippen molar-refractivity contribution in [3.05, 3.63) is 54.1 Å². The molecule has 3 rings (SSSR count). The molecule has 1 fully saturated rings. The molecule has 7 heteroatoms. The Kier molecular flexibility index (Phi) is 5.06. The van der Waals surface area contributed by atoms with Gasteiger partial charge in [0.15, 0.2) is 0 Å². The Balaban J connectivity index is 1.85. The van der Waals surface area contributed by atoms with Crippen LogP contribution in [0.2, 0.25) is 0 Å². The molecule has 2 aromatic rings. The van der Waals surface area contributed by atoms with E-state index in [1.807, 2.05) is 0 Å². The zero-order valence-corrected chi connectivity index (χ0v) is 14.5. The number of nitrogens with one attached hydrogen (secondary N) is 1. The summed E-state index contributed by atoms with van der Waals surface area (Å²) in [6.45, 7) is 1.84. The summed E-state index contributed by atoms with van der Waals surface area (Å²) >= 11 is 0. The van der Waals surface area contributed by atoms with Gasteiger partial charge in [0.05, 0.1) is 15.4 Å². The lowest BCUT2D eigenvalue weighted by atomic mass is 10.1. The van der Waals surface area contributed by atoms with Gasteiger partial charge in [-0.25, -0.2) is 8.42 Å². The molecular formula is C18H20N2O4S. The van der Waals surface area contributed by atoms with E-state index in [1.165, 1.54) is 24.3 Å². The molecule has 0 bridgehead atoms. The molecule has 0 atom stereocenters. The third-order valence-electron chi connectivity index (χ3n) is 4.16. The van der Waals surface area contributed by atoms with Crippen LogP contribution in [0.3, 0.4) is 0 Å². The SMILES string of the molecule is NC(=O)c1ccccc1S(=O)(=O)c1ccc(OC2CCNCC2)cc1. The fraction of sp³-hybridized carbons (Fsp3) is 0.278. The summed E-state index contributed by atoms with van der Waals surface area (Å²) in [5.41, 5.74) is 5.27. The Morgan fingerprint density at radius 3 is 2.32 bits per heavy atom. The number of hydrogen-bond acceptors (Lipinski definition) is 5. The molecule has 132 valence electrons. The monoisotopic (exact) mass is 360 g/mol. The van der Waals surface area contributed by atoms with Crippen LogP contribution in [0.4, 0.5) is 0 Å². The molecular weight excluding hydrogens is 340 g/mol. The Bertz CT molecular complexity index is 857. The van der Waals surface area contributed by atoms with E-state index < -0.39 is 15.7 Å². The van der Waals surface area contributed by atoms with Crippen molar-refractivity contribution in [2.45, 2.75) is 28.7 Å². The number of amides is 1. The van der Waals surface area contributed by atoms with Gasteiger partial charge in [-0.15, -0.1) is 0 Å². The van der Waals surface area contributed by atoms with Crippen molar-refractivity contribution in [2.75, 3.05) is 13.1 Å². The quantitative estimate of drug-likeness (QED) is 0.846. The fourth-order valence-corrected chi connectivity index (χ4v) is 4.30. The molecule has 1 heterocycles. The molecule has 1 aliphatic rings. The van der Waals surface area contributed by atoms with E-state index in [-0.39, 0.29) is 21.5 Å². The topological polar surface area (TPSA) is 98.5 Å². The van der Waals surface area contributed by atoms with Crippen LogP contribution in [0.1, 0.15) is 23.2 Å². The van der Waals surface area contributed by atoms with E-state index in [2.05, 4.69) is 5.32 Å². The van der Waals surface area contributed by atoms with E-state index in [4.69, 9.17) is 10.5 Å². The number of hydrogen-bond donors (Lipinski definition) is 2. The maximum Gasteiger partial charge on any atom is 0.250 e. The first kappa shape index (κ1) is 17.4. The highest BCUT2D eigenvalue weighted by molar-refractivity contribution is 7.91. The summed E-state index contributed by atoms with van der Waals surface area (Å²) in [6.07, 6.45) is 1.98. The largest absolute Gasteiger partial charge is 0.490 e. The van der Waals surface area contributed by atoms with Gasteiger partial charge in [-0.2, -0.15) is 0 Å². The Morgan fingerprint density at radius 1 is 1.04 bits per heavy atom. The summed E-state index contributed by atoms with van der Waals surface area (Å²) in [6, 6.07) is 12.2. The number of ether oxygens (including phenoxy) is 1. The zero-order valence-electron chi connectivity index (χ0n) is 13.6. The summed E-state index contributed by atoms with van der Waals surface area (Å²) in [4.78, 5) is 11.5. The molecule has 1 aliphatic heterocycles. The minimum absolute atomic E-state index is 0.0162. The van der Waals surface area contributed by atoms with Gasteiger partial charge in [0.2, 0.25) is 15.7 Å². The minimum atomic E-state index is -3.83. The second-order valence-corrected chi connectivity index (χ2v) is 7.82. The van der Waals surface area contributed by atoms with Crippen molar-refractivity contribution >= 4 is 15.7 Å². The van der Waals surface area contributed by atoms with Gasteiger partial charge in [-0.3, -0.25) is 4.79 Å². The predicted octanol–water partition coefficient (Wildman–Crippen LogP) is 1.75. The lowest BCUT2D eigenvalue weighted by molar-refractivity contribution is 0.0997. The standard InChI is InChI=1S/C18H20N2O4S/c19-18(21)16-3-1-2-4-17(16)25(22,23)15-7-5-13(6-8-15)24-14-9-11-20-12-10-14/h1-8,14,20H,9-12H2,(H2,19,21). The summed E-state index contributed by atoms with van der Waals surface area (Å²) in [5, 5.41) is 3.26. The molecule has 1 saturated heterocycles. The normalized spacial score (nSPS) is 15.7. The summed E-state index contributed by atoms with van der Waals surface area (Å²) < 4.78 is 31.5. The number of benzene rings is 2. The lowest BCUT2D eigenvalue weighted by Crippen LogP contribution is -2.34. The van der Waals surface area contributed by atoms with Crippen LogP contribution >= 0.6 is 0 Å². The maximum atomic E-state index is 12.8. The average molecular weight is 360 g/mol. The number of piperidine rings is 1. The van der Waals surface area contributed by atoms with Crippen LogP contribution in [0.25, 0.3) is 0 Å². The van der Waals surface area contributed by atoms with Crippen molar-refractivity contribution in [3.8, 4) is 5.75 Å². The molecule has 2 aromatic carbocycles. The average Bonchev–Trinajstić information content (AvgIpc) is 2.63. The second kappa shape index (κ2) is 7.25. The molecule has 1 amide bonds. The van der Waals surface area contributed by atoms with Crippen LogP contribution in [0.5, 0.6) is 5.75 Å². The van der Waals surface area contributed by atoms with Gasteiger partial charge in [0, 0.05) is 0 Å². The number of nitrogens with two attached hydrogens (primary N) is 1. The summed E-state index contributed by atoms with van der Waals surface area (Å²) in [7, 11) is -3.83. The number of carbonyl (C=O) groups excluding carboxylic acids is 1. The van der Waals surface area contributed by atoms with Crippen LogP contribution < -0.4 is 15.8 Å². The van der Waals surface area contributed by atoms with E-state index >= 15 is 0 Å². The fourth-order valence-electron chi connectivity index (χ4n) is 2.83. The molecule has 0 saturated carbocycles. The second-order valence-electron chi connectivity index (χ2n) is 5.90.